The Hall–Kier alpha value is -1.44. The lowest BCUT2D eigenvalue weighted by Gasteiger charge is -2.31. The molecule has 0 radical (unpaired) electrons. The second-order valence-corrected chi connectivity index (χ2v) is 7.09. The first-order valence-corrected chi connectivity index (χ1v) is 8.25. The number of nitrogens with two attached hydrogens (primary N) is 1. The monoisotopic (exact) mass is 313 g/mol. The summed E-state index contributed by atoms with van der Waals surface area (Å²) in [5.74, 6) is -0.807. The van der Waals surface area contributed by atoms with Gasteiger partial charge in [0.25, 0.3) is 0 Å². The molecule has 3 aliphatic rings. The molecule has 0 bridgehead atoms. The van der Waals surface area contributed by atoms with Gasteiger partial charge in [0.15, 0.2) is 0 Å². The fraction of sp³-hybridized carbons (Fsp3) is 0.769. The highest BCUT2D eigenvalue weighted by Crippen LogP contribution is 2.46. The average molecular weight is 313 g/mol. The number of rotatable bonds is 3. The Kier molecular flexibility index (Phi) is 3.73. The zero-order valence-electron chi connectivity index (χ0n) is 11.6. The van der Waals surface area contributed by atoms with E-state index < -0.39 is 17.9 Å². The molecule has 7 nitrogen and oxygen atoms in total. The van der Waals surface area contributed by atoms with Gasteiger partial charge in [0.05, 0.1) is 11.3 Å². The molecular weight excluding hydrogens is 294 g/mol. The molecule has 2 saturated heterocycles. The molecule has 116 valence electrons. The van der Waals surface area contributed by atoms with E-state index in [-0.39, 0.29) is 17.3 Å². The number of hydrogen-bond donors (Lipinski definition) is 2. The molecule has 8 heteroatoms. The number of amides is 3. The first-order valence-electron chi connectivity index (χ1n) is 7.20. The van der Waals surface area contributed by atoms with Crippen molar-refractivity contribution in [1.82, 2.24) is 9.80 Å². The van der Waals surface area contributed by atoms with Crippen LogP contribution in [0.1, 0.15) is 19.3 Å². The third-order valence-electron chi connectivity index (χ3n) is 4.43. The van der Waals surface area contributed by atoms with Crippen molar-refractivity contribution < 1.29 is 19.5 Å². The van der Waals surface area contributed by atoms with Gasteiger partial charge in [0.1, 0.15) is 6.04 Å². The third-order valence-corrected chi connectivity index (χ3v) is 5.89. The smallest absolute Gasteiger partial charge is 0.327 e. The maximum absolute atomic E-state index is 12.7. The number of carboxylic acids is 1. The number of likely N-dealkylation sites (tertiary alicyclic amines) is 1. The van der Waals surface area contributed by atoms with Crippen molar-refractivity contribution in [2.45, 2.75) is 30.7 Å². The van der Waals surface area contributed by atoms with Crippen LogP contribution in [0.5, 0.6) is 0 Å². The van der Waals surface area contributed by atoms with E-state index in [1.54, 1.807) is 16.7 Å². The summed E-state index contributed by atoms with van der Waals surface area (Å²) in [4.78, 5) is 38.4. The lowest BCUT2D eigenvalue weighted by Crippen LogP contribution is -2.51. The summed E-state index contributed by atoms with van der Waals surface area (Å²) in [6.45, 7) is 0.774. The Labute approximate surface area is 126 Å². The van der Waals surface area contributed by atoms with Crippen molar-refractivity contribution in [2.24, 2.45) is 17.6 Å². The van der Waals surface area contributed by atoms with Gasteiger partial charge in [0, 0.05) is 18.8 Å². The molecule has 2 heterocycles. The van der Waals surface area contributed by atoms with Gasteiger partial charge in [0.2, 0.25) is 5.91 Å². The first-order chi connectivity index (χ1) is 9.99. The molecule has 0 aromatic carbocycles. The normalized spacial score (nSPS) is 32.5. The van der Waals surface area contributed by atoms with Crippen LogP contribution in [0.4, 0.5) is 4.79 Å². The van der Waals surface area contributed by atoms with E-state index >= 15 is 0 Å². The summed E-state index contributed by atoms with van der Waals surface area (Å²) in [6, 6.07) is -1.02. The minimum atomic E-state index is -0.954. The molecule has 3 unspecified atom stereocenters. The van der Waals surface area contributed by atoms with E-state index in [1.165, 1.54) is 4.90 Å². The van der Waals surface area contributed by atoms with Crippen molar-refractivity contribution in [1.29, 1.82) is 0 Å². The molecule has 0 aromatic heterocycles. The standard InChI is InChI=1S/C13H19N3O4S/c14-10(17)8-3-4-15(5-8)13(20)16-9(12(18)19)6-21-11(16)7-1-2-7/h7-9,11H,1-6H2,(H2,14,17)(H,18,19). The summed E-state index contributed by atoms with van der Waals surface area (Å²) in [5.41, 5.74) is 5.29. The van der Waals surface area contributed by atoms with Gasteiger partial charge >= 0.3 is 12.0 Å². The third kappa shape index (κ3) is 2.68. The second-order valence-electron chi connectivity index (χ2n) is 5.94. The molecule has 0 spiro atoms. The zero-order valence-corrected chi connectivity index (χ0v) is 12.4. The maximum atomic E-state index is 12.7. The molecule has 1 aliphatic carbocycles. The predicted octanol–water partition coefficient (Wildman–Crippen LogP) is 0.152. The minimum absolute atomic E-state index is 0.0359. The van der Waals surface area contributed by atoms with Gasteiger partial charge in [-0.3, -0.25) is 9.69 Å². The molecular formula is C13H19N3O4S. The molecule has 21 heavy (non-hydrogen) atoms. The minimum Gasteiger partial charge on any atom is -0.480 e. The molecule has 1 saturated carbocycles. The summed E-state index contributed by atoms with van der Waals surface area (Å²) in [5, 5.41) is 9.30. The van der Waals surface area contributed by atoms with E-state index in [2.05, 4.69) is 0 Å². The molecule has 3 atom stereocenters. The van der Waals surface area contributed by atoms with Crippen molar-refractivity contribution in [3.05, 3.63) is 0 Å². The van der Waals surface area contributed by atoms with Crippen LogP contribution in [0.2, 0.25) is 0 Å². The summed E-state index contributed by atoms with van der Waals surface area (Å²) in [6.07, 6.45) is 2.67. The number of carboxylic acid groups (broad SMARTS) is 1. The predicted molar refractivity (Wildman–Crippen MR) is 76.5 cm³/mol. The quantitative estimate of drug-likeness (QED) is 0.772. The SMILES string of the molecule is NC(=O)C1CCN(C(=O)N2C(C(=O)O)CSC2C2CC2)C1. The highest BCUT2D eigenvalue weighted by atomic mass is 32.2. The average Bonchev–Trinajstić information content (AvgIpc) is 3.01. The Balaban J connectivity index is 1.74. The van der Waals surface area contributed by atoms with E-state index in [0.29, 0.717) is 31.2 Å². The fourth-order valence-electron chi connectivity index (χ4n) is 3.03. The van der Waals surface area contributed by atoms with Crippen molar-refractivity contribution in [3.63, 3.8) is 0 Å². The molecule has 3 amide bonds. The van der Waals surface area contributed by atoms with Crippen LogP contribution in [-0.2, 0) is 9.59 Å². The Morgan fingerprint density at radius 2 is 1.90 bits per heavy atom. The topological polar surface area (TPSA) is 104 Å². The van der Waals surface area contributed by atoms with Gasteiger partial charge in [-0.15, -0.1) is 11.8 Å². The summed E-state index contributed by atoms with van der Waals surface area (Å²) < 4.78 is 0. The van der Waals surface area contributed by atoms with Gasteiger partial charge in [-0.25, -0.2) is 9.59 Å². The van der Waals surface area contributed by atoms with Gasteiger partial charge in [-0.2, -0.15) is 0 Å². The zero-order chi connectivity index (χ0) is 15.1. The number of carbonyl (C=O) groups is 3. The number of hydrogen-bond acceptors (Lipinski definition) is 4. The number of carbonyl (C=O) groups excluding carboxylic acids is 2. The molecule has 2 aliphatic heterocycles. The summed E-state index contributed by atoms with van der Waals surface area (Å²) >= 11 is 1.56. The van der Waals surface area contributed by atoms with Crippen LogP contribution < -0.4 is 5.73 Å². The maximum Gasteiger partial charge on any atom is 0.327 e. The number of aliphatic carboxylic acids is 1. The van der Waals surface area contributed by atoms with Crippen molar-refractivity contribution in [3.8, 4) is 0 Å². The van der Waals surface area contributed by atoms with E-state index in [4.69, 9.17) is 5.73 Å². The number of primary amides is 1. The van der Waals surface area contributed by atoms with Gasteiger partial charge in [-0.1, -0.05) is 0 Å². The summed E-state index contributed by atoms with van der Waals surface area (Å²) in [7, 11) is 0. The fourth-order valence-corrected chi connectivity index (χ4v) is 4.66. The highest BCUT2D eigenvalue weighted by molar-refractivity contribution is 8.00. The lowest BCUT2D eigenvalue weighted by molar-refractivity contribution is -0.141. The Morgan fingerprint density at radius 3 is 2.43 bits per heavy atom. The first kappa shape index (κ1) is 14.5. The molecule has 3 N–H and O–H groups in total. The Morgan fingerprint density at radius 1 is 1.19 bits per heavy atom. The van der Waals surface area contributed by atoms with Crippen LogP contribution >= 0.6 is 11.8 Å². The van der Waals surface area contributed by atoms with E-state index in [1.807, 2.05) is 0 Å². The number of nitrogens with zero attached hydrogens (tertiary/aromatic N) is 2. The van der Waals surface area contributed by atoms with Crippen LogP contribution in [0.15, 0.2) is 0 Å². The second kappa shape index (κ2) is 5.40. The molecule has 3 fully saturated rings. The van der Waals surface area contributed by atoms with Crippen LogP contribution in [0.25, 0.3) is 0 Å². The van der Waals surface area contributed by atoms with E-state index in [9.17, 15) is 19.5 Å². The van der Waals surface area contributed by atoms with Crippen molar-refractivity contribution >= 4 is 29.7 Å². The van der Waals surface area contributed by atoms with Crippen molar-refractivity contribution in [2.75, 3.05) is 18.8 Å². The van der Waals surface area contributed by atoms with Crippen LogP contribution in [-0.4, -0.2) is 63.1 Å². The number of thioether (sulfide) groups is 1. The highest BCUT2D eigenvalue weighted by Gasteiger charge is 2.49. The number of urea groups is 1. The lowest BCUT2D eigenvalue weighted by atomic mass is 10.1. The van der Waals surface area contributed by atoms with Gasteiger partial charge in [-0.05, 0) is 25.2 Å². The molecule has 0 aromatic rings. The molecule has 3 rings (SSSR count). The van der Waals surface area contributed by atoms with Gasteiger partial charge < -0.3 is 15.7 Å². The largest absolute Gasteiger partial charge is 0.480 e. The van der Waals surface area contributed by atoms with E-state index in [0.717, 1.165) is 12.8 Å². The van der Waals surface area contributed by atoms with Crippen LogP contribution in [0.3, 0.4) is 0 Å². The Bertz CT molecular complexity index is 482. The van der Waals surface area contributed by atoms with Crippen LogP contribution in [0, 0.1) is 11.8 Å².